The Morgan fingerprint density at radius 3 is 2.72 bits per heavy atom. The van der Waals surface area contributed by atoms with Gasteiger partial charge in [0.05, 0.1) is 18.8 Å². The minimum absolute atomic E-state index is 0.204. The lowest BCUT2D eigenvalue weighted by molar-refractivity contribution is -0.119. The minimum atomic E-state index is -0.578. The van der Waals surface area contributed by atoms with E-state index in [0.29, 0.717) is 34.9 Å². The van der Waals surface area contributed by atoms with E-state index in [0.717, 1.165) is 5.56 Å². The van der Waals surface area contributed by atoms with Gasteiger partial charge in [-0.15, -0.1) is 0 Å². The maximum atomic E-state index is 15.0. The van der Waals surface area contributed by atoms with Crippen LogP contribution in [0.3, 0.4) is 0 Å². The Morgan fingerprint density at radius 2 is 2.06 bits per heavy atom. The predicted octanol–water partition coefficient (Wildman–Crippen LogP) is 4.37. The molecule has 3 aromatic rings. The summed E-state index contributed by atoms with van der Waals surface area (Å²) in [5.41, 5.74) is 2.86. The molecule has 0 saturated carbocycles. The molecule has 1 aliphatic heterocycles. The number of anilines is 2. The number of amides is 2. The molecule has 1 atom stereocenters. The molecule has 4 rings (SSSR count). The highest BCUT2D eigenvalue weighted by Gasteiger charge is 2.32. The van der Waals surface area contributed by atoms with Crippen molar-refractivity contribution in [2.24, 2.45) is 4.99 Å². The number of benzene rings is 2. The molecule has 1 aliphatic rings. The third kappa shape index (κ3) is 5.44. The van der Waals surface area contributed by atoms with E-state index in [1.807, 2.05) is 36.2 Å². The number of nitrogens with one attached hydrogen (secondary N) is 1. The van der Waals surface area contributed by atoms with Gasteiger partial charge >= 0.3 is 6.09 Å². The number of carbonyl (C=O) groups excluding carboxylic acids is 2. The number of aliphatic imine (C=N–C) groups is 1. The number of aromatic nitrogens is 2. The third-order valence-corrected chi connectivity index (χ3v) is 5.96. The Labute approximate surface area is 212 Å². The van der Waals surface area contributed by atoms with Gasteiger partial charge in [0.1, 0.15) is 23.9 Å². The quantitative estimate of drug-likeness (QED) is 0.357. The summed E-state index contributed by atoms with van der Waals surface area (Å²) in [5.74, 6) is -0.127. The van der Waals surface area contributed by atoms with E-state index in [-0.39, 0.29) is 24.1 Å². The number of nitrogens with zero attached hydrogens (tertiary/aromatic N) is 5. The lowest BCUT2D eigenvalue weighted by Gasteiger charge is -2.20. The van der Waals surface area contributed by atoms with Gasteiger partial charge in [0.2, 0.25) is 5.91 Å². The second-order valence-electron chi connectivity index (χ2n) is 8.27. The summed E-state index contributed by atoms with van der Waals surface area (Å²) in [4.78, 5) is 38.6. The molecule has 36 heavy (non-hydrogen) atoms. The summed E-state index contributed by atoms with van der Waals surface area (Å²) in [5, 5.41) is 2.84. The first-order chi connectivity index (χ1) is 17.3. The largest absolute Gasteiger partial charge is 0.442 e. The Balaban J connectivity index is 1.46. The van der Waals surface area contributed by atoms with Crippen LogP contribution in [-0.4, -0.2) is 54.9 Å². The van der Waals surface area contributed by atoms with Gasteiger partial charge in [0, 0.05) is 26.1 Å². The molecule has 0 spiro atoms. The van der Waals surface area contributed by atoms with Crippen molar-refractivity contribution < 1.29 is 18.7 Å². The van der Waals surface area contributed by atoms with Gasteiger partial charge in [-0.25, -0.2) is 19.2 Å². The molecule has 0 bridgehead atoms. The maximum absolute atomic E-state index is 15.0. The predicted molar refractivity (Wildman–Crippen MR) is 136 cm³/mol. The molecule has 0 unspecified atom stereocenters. The van der Waals surface area contributed by atoms with Crippen molar-refractivity contribution in [1.29, 1.82) is 0 Å². The van der Waals surface area contributed by atoms with Gasteiger partial charge < -0.3 is 15.0 Å². The molecular formula is C25H24ClFN6O3. The molecule has 0 radical (unpaired) electrons. The maximum Gasteiger partial charge on any atom is 0.414 e. The normalized spacial score (nSPS) is 14.9. The van der Waals surface area contributed by atoms with Gasteiger partial charge in [-0.05, 0) is 36.0 Å². The van der Waals surface area contributed by atoms with Crippen LogP contribution in [0.2, 0.25) is 5.15 Å². The fourth-order valence-corrected chi connectivity index (χ4v) is 4.09. The molecule has 0 aliphatic carbocycles. The van der Waals surface area contributed by atoms with Crippen molar-refractivity contribution in [3.05, 3.63) is 65.3 Å². The minimum Gasteiger partial charge on any atom is -0.442 e. The number of carbonyl (C=O) groups is 2. The second-order valence-corrected chi connectivity index (χ2v) is 8.62. The van der Waals surface area contributed by atoms with Crippen LogP contribution in [0.4, 0.5) is 26.4 Å². The van der Waals surface area contributed by atoms with E-state index >= 15 is 4.39 Å². The summed E-state index contributed by atoms with van der Waals surface area (Å²) < 4.78 is 20.3. The van der Waals surface area contributed by atoms with E-state index in [1.54, 1.807) is 12.1 Å². The van der Waals surface area contributed by atoms with E-state index < -0.39 is 18.0 Å². The molecule has 1 N–H and O–H groups in total. The smallest absolute Gasteiger partial charge is 0.414 e. The van der Waals surface area contributed by atoms with Crippen LogP contribution in [0.25, 0.3) is 11.1 Å². The monoisotopic (exact) mass is 510 g/mol. The Morgan fingerprint density at radius 1 is 1.31 bits per heavy atom. The number of halogens is 2. The molecule has 1 aromatic heterocycles. The number of rotatable bonds is 8. The third-order valence-electron chi connectivity index (χ3n) is 5.68. The molecule has 9 nitrogen and oxygen atoms in total. The fraction of sp³-hybridized carbons (Fsp3) is 0.240. The molecule has 186 valence electrons. The second kappa shape index (κ2) is 10.7. The number of cyclic esters (lactones) is 1. The molecule has 1 fully saturated rings. The average Bonchev–Trinajstić information content (AvgIpc) is 3.23. The lowest BCUT2D eigenvalue weighted by atomic mass is 10.0. The Bertz CT molecular complexity index is 1300. The highest BCUT2D eigenvalue weighted by atomic mass is 35.5. The van der Waals surface area contributed by atoms with Gasteiger partial charge in [-0.1, -0.05) is 35.9 Å². The van der Waals surface area contributed by atoms with Gasteiger partial charge in [0.15, 0.2) is 11.0 Å². The van der Waals surface area contributed by atoms with Gasteiger partial charge in [0.25, 0.3) is 0 Å². The molecular weight excluding hydrogens is 487 g/mol. The van der Waals surface area contributed by atoms with Gasteiger partial charge in [-0.2, -0.15) is 0 Å². The van der Waals surface area contributed by atoms with Crippen molar-refractivity contribution in [3.8, 4) is 11.1 Å². The average molecular weight is 511 g/mol. The lowest BCUT2D eigenvalue weighted by Crippen LogP contribution is -2.33. The van der Waals surface area contributed by atoms with E-state index in [4.69, 9.17) is 16.3 Å². The molecule has 2 aromatic carbocycles. The molecule has 11 heteroatoms. The Hall–Kier alpha value is -4.05. The molecule has 2 amide bonds. The first kappa shape index (κ1) is 25.1. The molecule has 2 heterocycles. The van der Waals surface area contributed by atoms with Crippen LogP contribution in [-0.2, 0) is 16.1 Å². The van der Waals surface area contributed by atoms with Crippen molar-refractivity contribution >= 4 is 47.5 Å². The number of hydrogen-bond donors (Lipinski definition) is 1. The SMILES string of the molecule is C=Nc1c(Cl)ncnc1N(C)Cc1ccc(-c2ccc(N3C[C@H](CNC(C)=O)OC3=O)cc2F)cc1. The first-order valence-corrected chi connectivity index (χ1v) is 11.4. The zero-order chi connectivity index (χ0) is 25.8. The van der Waals surface area contributed by atoms with Crippen LogP contribution >= 0.6 is 11.6 Å². The number of hydrogen-bond acceptors (Lipinski definition) is 7. The van der Waals surface area contributed by atoms with E-state index in [2.05, 4.69) is 27.0 Å². The summed E-state index contributed by atoms with van der Waals surface area (Å²) in [6.45, 7) is 5.85. The highest BCUT2D eigenvalue weighted by molar-refractivity contribution is 6.32. The van der Waals surface area contributed by atoms with Crippen LogP contribution in [0, 0.1) is 5.82 Å². The van der Waals surface area contributed by atoms with Crippen LogP contribution < -0.4 is 15.1 Å². The van der Waals surface area contributed by atoms with Crippen molar-refractivity contribution in [2.75, 3.05) is 29.9 Å². The van der Waals surface area contributed by atoms with E-state index in [1.165, 1.54) is 24.2 Å². The van der Waals surface area contributed by atoms with Crippen LogP contribution in [0.1, 0.15) is 12.5 Å². The zero-order valence-corrected chi connectivity index (χ0v) is 20.5. The van der Waals surface area contributed by atoms with E-state index in [9.17, 15) is 9.59 Å². The Kier molecular flexibility index (Phi) is 7.44. The standard InChI is InChI=1S/C25H24ClFN6O3/c1-15(34)29-11-19-13-33(25(35)36-19)18-8-9-20(21(27)10-18)17-6-4-16(5-7-17)12-32(3)24-22(28-2)23(26)30-14-31-24/h4-10,14,19H,2,11-13H2,1,3H3,(H,29,34)/t19-/m0/s1. The zero-order valence-electron chi connectivity index (χ0n) is 19.7. The summed E-state index contributed by atoms with van der Waals surface area (Å²) >= 11 is 6.08. The first-order valence-electron chi connectivity index (χ1n) is 11.1. The van der Waals surface area contributed by atoms with Crippen molar-refractivity contribution in [3.63, 3.8) is 0 Å². The summed E-state index contributed by atoms with van der Waals surface area (Å²) in [6, 6.07) is 12.1. The van der Waals surface area contributed by atoms with Crippen molar-refractivity contribution in [1.82, 2.24) is 15.3 Å². The molecule has 1 saturated heterocycles. The van der Waals surface area contributed by atoms with Crippen molar-refractivity contribution in [2.45, 2.75) is 19.6 Å². The topological polar surface area (TPSA) is 100 Å². The summed E-state index contributed by atoms with van der Waals surface area (Å²) in [6.07, 6.45) is 0.293. The highest BCUT2D eigenvalue weighted by Crippen LogP contribution is 2.32. The van der Waals surface area contributed by atoms with Crippen LogP contribution in [0.15, 0.2) is 53.8 Å². The van der Waals surface area contributed by atoms with Crippen LogP contribution in [0.5, 0.6) is 0 Å². The summed E-state index contributed by atoms with van der Waals surface area (Å²) in [7, 11) is 1.85. The van der Waals surface area contributed by atoms with Gasteiger partial charge in [-0.3, -0.25) is 14.7 Å². The number of ether oxygens (including phenoxy) is 1. The fourth-order valence-electron chi connectivity index (χ4n) is 3.90.